The summed E-state index contributed by atoms with van der Waals surface area (Å²) in [4.78, 5) is 20.5. The zero-order chi connectivity index (χ0) is 7.98. The maximum atomic E-state index is 10.7. The first-order chi connectivity index (χ1) is 4.72. The molecule has 10 heavy (non-hydrogen) atoms. The topological polar surface area (TPSA) is 34.1 Å². The van der Waals surface area contributed by atoms with Crippen LogP contribution >= 0.6 is 23.2 Å². The maximum absolute atomic E-state index is 10.7. The molecule has 0 aliphatic heterocycles. The van der Waals surface area contributed by atoms with Crippen LogP contribution in [0.15, 0.2) is 0 Å². The van der Waals surface area contributed by atoms with Gasteiger partial charge < -0.3 is 0 Å². The van der Waals surface area contributed by atoms with Crippen molar-refractivity contribution in [2.75, 3.05) is 5.88 Å². The molecule has 0 N–H and O–H groups in total. The van der Waals surface area contributed by atoms with E-state index in [1.165, 1.54) is 6.29 Å². The van der Waals surface area contributed by atoms with Crippen LogP contribution in [0.25, 0.3) is 0 Å². The minimum atomic E-state index is -1.11. The summed E-state index contributed by atoms with van der Waals surface area (Å²) in [6.45, 7) is 0. The molecular formula is C6H7Cl2O2. The lowest BCUT2D eigenvalue weighted by molar-refractivity contribution is -0.117. The van der Waals surface area contributed by atoms with Crippen molar-refractivity contribution < 1.29 is 9.59 Å². The SMILES string of the molecule is O=[C]C(Cl)C(=O)CCCCl. The summed E-state index contributed by atoms with van der Waals surface area (Å²) in [5, 5.41) is -1.11. The molecule has 57 valence electrons. The summed E-state index contributed by atoms with van der Waals surface area (Å²) in [5.41, 5.74) is 0. The first-order valence-corrected chi connectivity index (χ1v) is 3.80. The lowest BCUT2D eigenvalue weighted by Crippen LogP contribution is -2.15. The van der Waals surface area contributed by atoms with Crippen molar-refractivity contribution in [2.24, 2.45) is 0 Å². The number of rotatable bonds is 5. The van der Waals surface area contributed by atoms with Crippen LogP contribution in [-0.4, -0.2) is 23.3 Å². The molecule has 4 heteroatoms. The highest BCUT2D eigenvalue weighted by molar-refractivity contribution is 6.38. The van der Waals surface area contributed by atoms with E-state index in [0.717, 1.165) is 0 Å². The van der Waals surface area contributed by atoms with Gasteiger partial charge in [0.25, 0.3) is 0 Å². The zero-order valence-corrected chi connectivity index (χ0v) is 6.78. The number of hydrogen-bond donors (Lipinski definition) is 0. The van der Waals surface area contributed by atoms with Gasteiger partial charge in [0, 0.05) is 12.3 Å². The normalized spacial score (nSPS) is 12.6. The van der Waals surface area contributed by atoms with E-state index in [2.05, 4.69) is 0 Å². The van der Waals surface area contributed by atoms with Crippen molar-refractivity contribution in [3.05, 3.63) is 0 Å². The number of carbonyl (C=O) groups is 1. The fraction of sp³-hybridized carbons (Fsp3) is 0.667. The molecule has 0 aromatic carbocycles. The molecule has 0 aromatic rings. The van der Waals surface area contributed by atoms with Gasteiger partial charge in [-0.3, -0.25) is 9.59 Å². The molecule has 0 aromatic heterocycles. The molecule has 0 aliphatic rings. The summed E-state index contributed by atoms with van der Waals surface area (Å²) in [7, 11) is 0. The lowest BCUT2D eigenvalue weighted by Gasteiger charge is -1.96. The van der Waals surface area contributed by atoms with Gasteiger partial charge in [-0.2, -0.15) is 0 Å². The molecule has 0 saturated carbocycles. The largest absolute Gasteiger partial charge is 0.298 e. The highest BCUT2D eigenvalue weighted by atomic mass is 35.5. The molecule has 0 heterocycles. The first kappa shape index (κ1) is 9.92. The maximum Gasteiger partial charge on any atom is 0.225 e. The fourth-order valence-corrected chi connectivity index (χ4v) is 0.676. The second-order valence-electron chi connectivity index (χ2n) is 1.74. The number of halogens is 2. The van der Waals surface area contributed by atoms with Crippen molar-refractivity contribution in [1.82, 2.24) is 0 Å². The first-order valence-electron chi connectivity index (χ1n) is 2.82. The van der Waals surface area contributed by atoms with E-state index in [4.69, 9.17) is 23.2 Å². The minimum absolute atomic E-state index is 0.257. The Kier molecular flexibility index (Phi) is 5.64. The van der Waals surface area contributed by atoms with Gasteiger partial charge in [0.15, 0.2) is 11.2 Å². The minimum Gasteiger partial charge on any atom is -0.298 e. The van der Waals surface area contributed by atoms with E-state index in [1.807, 2.05) is 0 Å². The molecule has 0 bridgehead atoms. The molecule has 0 rings (SSSR count). The van der Waals surface area contributed by atoms with E-state index >= 15 is 0 Å². The van der Waals surface area contributed by atoms with Crippen LogP contribution < -0.4 is 0 Å². The number of Topliss-reactive ketones (excluding diaryl/α,β-unsaturated/α-hetero) is 1. The molecule has 0 fully saturated rings. The van der Waals surface area contributed by atoms with Gasteiger partial charge in [-0.15, -0.1) is 23.2 Å². The van der Waals surface area contributed by atoms with Gasteiger partial charge in [-0.25, -0.2) is 0 Å². The quantitative estimate of drug-likeness (QED) is 0.474. The number of hydrogen-bond acceptors (Lipinski definition) is 2. The molecule has 2 nitrogen and oxygen atoms in total. The van der Waals surface area contributed by atoms with Crippen LogP contribution in [0.4, 0.5) is 0 Å². The van der Waals surface area contributed by atoms with Crippen LogP contribution in [0.2, 0.25) is 0 Å². The van der Waals surface area contributed by atoms with E-state index in [1.54, 1.807) is 0 Å². The van der Waals surface area contributed by atoms with Crippen LogP contribution in [0.3, 0.4) is 0 Å². The fourth-order valence-electron chi connectivity index (χ4n) is 0.433. The molecule has 1 radical (unpaired) electrons. The van der Waals surface area contributed by atoms with Crippen LogP contribution in [0, 0.1) is 0 Å². The smallest absolute Gasteiger partial charge is 0.225 e. The van der Waals surface area contributed by atoms with Crippen LogP contribution in [0.5, 0.6) is 0 Å². The molecule has 0 amide bonds. The van der Waals surface area contributed by atoms with Gasteiger partial charge >= 0.3 is 0 Å². The Morgan fingerprint density at radius 3 is 2.60 bits per heavy atom. The van der Waals surface area contributed by atoms with E-state index in [0.29, 0.717) is 12.3 Å². The number of carbonyl (C=O) groups excluding carboxylic acids is 2. The van der Waals surface area contributed by atoms with Crippen molar-refractivity contribution in [2.45, 2.75) is 18.2 Å². The van der Waals surface area contributed by atoms with Crippen molar-refractivity contribution in [3.8, 4) is 0 Å². The number of alkyl halides is 2. The lowest BCUT2D eigenvalue weighted by atomic mass is 10.2. The molecule has 1 unspecified atom stereocenters. The Hall–Kier alpha value is -0.0800. The standard InChI is InChI=1S/C6H7Cl2O2/c7-3-1-2-6(10)5(8)4-9/h5H,1-3H2. The van der Waals surface area contributed by atoms with Gasteiger partial charge in [0.2, 0.25) is 6.29 Å². The Morgan fingerprint density at radius 1 is 1.60 bits per heavy atom. The highest BCUT2D eigenvalue weighted by Crippen LogP contribution is 2.01. The van der Waals surface area contributed by atoms with Gasteiger partial charge in [0.1, 0.15) is 0 Å². The second kappa shape index (κ2) is 5.69. The molecular weight excluding hydrogens is 175 g/mol. The third kappa shape index (κ3) is 3.85. The molecule has 0 aliphatic carbocycles. The Bertz CT molecular complexity index is 125. The van der Waals surface area contributed by atoms with Crippen LogP contribution in [0.1, 0.15) is 12.8 Å². The van der Waals surface area contributed by atoms with Crippen molar-refractivity contribution >= 4 is 35.3 Å². The molecule has 0 saturated heterocycles. The summed E-state index contributed by atoms with van der Waals surface area (Å²) < 4.78 is 0. The molecule has 0 spiro atoms. The Labute approximate surface area is 69.5 Å². The Morgan fingerprint density at radius 2 is 2.20 bits per heavy atom. The summed E-state index contributed by atoms with van der Waals surface area (Å²) >= 11 is 10.5. The van der Waals surface area contributed by atoms with E-state index in [-0.39, 0.29) is 12.2 Å². The Balaban J connectivity index is 3.51. The van der Waals surface area contributed by atoms with Crippen LogP contribution in [-0.2, 0) is 9.59 Å². The number of ketones is 1. The summed E-state index contributed by atoms with van der Waals surface area (Å²) in [6.07, 6.45) is 2.21. The summed E-state index contributed by atoms with van der Waals surface area (Å²) in [6, 6.07) is 0. The van der Waals surface area contributed by atoms with Gasteiger partial charge in [-0.1, -0.05) is 0 Å². The predicted octanol–water partition coefficient (Wildman–Crippen LogP) is 1.29. The van der Waals surface area contributed by atoms with Crippen molar-refractivity contribution in [1.29, 1.82) is 0 Å². The predicted molar refractivity (Wildman–Crippen MR) is 40.3 cm³/mol. The average Bonchev–Trinajstić information content (AvgIpc) is 1.98. The third-order valence-electron chi connectivity index (χ3n) is 0.943. The van der Waals surface area contributed by atoms with Gasteiger partial charge in [-0.05, 0) is 6.42 Å². The van der Waals surface area contributed by atoms with E-state index in [9.17, 15) is 9.59 Å². The summed E-state index contributed by atoms with van der Waals surface area (Å²) in [5.74, 6) is 0.103. The van der Waals surface area contributed by atoms with E-state index < -0.39 is 5.38 Å². The average molecular weight is 182 g/mol. The van der Waals surface area contributed by atoms with Crippen molar-refractivity contribution in [3.63, 3.8) is 0 Å². The second-order valence-corrected chi connectivity index (χ2v) is 2.55. The highest BCUT2D eigenvalue weighted by Gasteiger charge is 2.13. The molecule has 1 atom stereocenters. The zero-order valence-electron chi connectivity index (χ0n) is 5.27. The monoisotopic (exact) mass is 181 g/mol. The van der Waals surface area contributed by atoms with Gasteiger partial charge in [0.05, 0.1) is 0 Å². The third-order valence-corrected chi connectivity index (χ3v) is 1.54.